The number of nitrogen functional groups attached to an aromatic ring is 1. The molecule has 0 aromatic carbocycles. The highest BCUT2D eigenvalue weighted by molar-refractivity contribution is 5.87. The molecule has 64 valence electrons. The molecule has 0 unspecified atom stereocenters. The summed E-state index contributed by atoms with van der Waals surface area (Å²) in [6.45, 7) is 0. The Bertz CT molecular complexity index is 342. The highest BCUT2D eigenvalue weighted by atomic mass is 16.4. The third kappa shape index (κ3) is 1.19. The second-order valence-corrected chi connectivity index (χ2v) is 1.95. The molecule has 0 saturated heterocycles. The maximum absolute atomic E-state index is 10.3. The normalized spacial score (nSPS) is 9.67. The minimum absolute atomic E-state index is 0.222. The van der Waals surface area contributed by atoms with Crippen LogP contribution >= 0.6 is 0 Å². The summed E-state index contributed by atoms with van der Waals surface area (Å²) in [7, 11) is 0. The zero-order valence-electron chi connectivity index (χ0n) is 5.76. The maximum atomic E-state index is 10.3. The Morgan fingerprint density at radius 3 is 2.33 bits per heavy atom. The number of nitrogens with two attached hydrogens (primary N) is 1. The van der Waals surface area contributed by atoms with Gasteiger partial charge in [0.25, 0.3) is 0 Å². The standard InChI is InChI=1S/C5H5N3O4/c6-3-1-2(4(9)10)7-8(3)5(11)12/h1H,6H2,(H,9,10)(H,11,12). The van der Waals surface area contributed by atoms with E-state index in [1.54, 1.807) is 0 Å². The van der Waals surface area contributed by atoms with E-state index in [1.807, 2.05) is 0 Å². The first-order valence-electron chi connectivity index (χ1n) is 2.84. The molecule has 1 heterocycles. The number of aromatic nitrogens is 2. The zero-order valence-corrected chi connectivity index (χ0v) is 5.76. The minimum Gasteiger partial charge on any atom is -0.476 e. The third-order valence-corrected chi connectivity index (χ3v) is 1.14. The first-order chi connectivity index (χ1) is 5.52. The van der Waals surface area contributed by atoms with Gasteiger partial charge in [0.05, 0.1) is 0 Å². The third-order valence-electron chi connectivity index (χ3n) is 1.14. The largest absolute Gasteiger partial charge is 0.476 e. The summed E-state index contributed by atoms with van der Waals surface area (Å²) in [4.78, 5) is 20.5. The van der Waals surface area contributed by atoms with E-state index in [0.29, 0.717) is 4.68 Å². The van der Waals surface area contributed by atoms with Crippen molar-refractivity contribution < 1.29 is 19.8 Å². The van der Waals surface area contributed by atoms with Crippen LogP contribution in [-0.4, -0.2) is 32.1 Å². The molecule has 0 aliphatic rings. The Hall–Kier alpha value is -2.05. The monoisotopic (exact) mass is 171 g/mol. The summed E-state index contributed by atoms with van der Waals surface area (Å²) in [6.07, 6.45) is -1.42. The number of carboxylic acid groups (broad SMARTS) is 2. The first-order valence-corrected chi connectivity index (χ1v) is 2.84. The van der Waals surface area contributed by atoms with Gasteiger partial charge in [-0.1, -0.05) is 0 Å². The fourth-order valence-electron chi connectivity index (χ4n) is 0.653. The molecular weight excluding hydrogens is 166 g/mol. The molecule has 1 aromatic heterocycles. The van der Waals surface area contributed by atoms with Gasteiger partial charge >= 0.3 is 12.1 Å². The molecule has 1 rings (SSSR count). The topological polar surface area (TPSA) is 118 Å². The summed E-state index contributed by atoms with van der Waals surface area (Å²) >= 11 is 0. The molecule has 7 nitrogen and oxygen atoms in total. The van der Waals surface area contributed by atoms with Crippen LogP contribution in [0.1, 0.15) is 10.5 Å². The lowest BCUT2D eigenvalue weighted by molar-refractivity contribution is 0.0690. The predicted octanol–water partition coefficient (Wildman–Crippen LogP) is -0.310. The van der Waals surface area contributed by atoms with Gasteiger partial charge in [0.2, 0.25) is 0 Å². The molecule has 1 aromatic rings. The fourth-order valence-corrected chi connectivity index (χ4v) is 0.653. The van der Waals surface area contributed by atoms with E-state index in [4.69, 9.17) is 15.9 Å². The Labute approximate surface area is 66.0 Å². The molecule has 0 radical (unpaired) electrons. The van der Waals surface area contributed by atoms with Crippen LogP contribution in [-0.2, 0) is 0 Å². The Morgan fingerprint density at radius 1 is 1.50 bits per heavy atom. The van der Waals surface area contributed by atoms with E-state index >= 15 is 0 Å². The smallest absolute Gasteiger partial charge is 0.434 e. The average Bonchev–Trinajstić information content (AvgIpc) is 2.30. The van der Waals surface area contributed by atoms with Crippen LogP contribution in [0.15, 0.2) is 6.07 Å². The van der Waals surface area contributed by atoms with E-state index < -0.39 is 17.8 Å². The van der Waals surface area contributed by atoms with Crippen LogP contribution in [0.25, 0.3) is 0 Å². The van der Waals surface area contributed by atoms with Crippen molar-refractivity contribution in [2.45, 2.75) is 0 Å². The first kappa shape index (κ1) is 8.05. The molecule has 7 heteroatoms. The van der Waals surface area contributed by atoms with Crippen molar-refractivity contribution in [2.75, 3.05) is 5.73 Å². The van der Waals surface area contributed by atoms with Crippen molar-refractivity contribution in [3.8, 4) is 0 Å². The van der Waals surface area contributed by atoms with Crippen LogP contribution < -0.4 is 5.73 Å². The number of carbonyl (C=O) groups is 2. The summed E-state index contributed by atoms with van der Waals surface area (Å²) in [5.74, 6) is -1.54. The molecule has 0 fully saturated rings. The van der Waals surface area contributed by atoms with E-state index in [1.165, 1.54) is 0 Å². The zero-order chi connectivity index (χ0) is 9.30. The molecular formula is C5H5N3O4. The molecule has 0 atom stereocenters. The van der Waals surface area contributed by atoms with Gasteiger partial charge in [-0.15, -0.1) is 4.68 Å². The lowest BCUT2D eigenvalue weighted by Gasteiger charge is -1.92. The highest BCUT2D eigenvalue weighted by Gasteiger charge is 2.14. The number of hydrogen-bond acceptors (Lipinski definition) is 4. The second-order valence-electron chi connectivity index (χ2n) is 1.95. The van der Waals surface area contributed by atoms with Crippen molar-refractivity contribution in [1.82, 2.24) is 9.78 Å². The van der Waals surface area contributed by atoms with Crippen LogP contribution in [0.5, 0.6) is 0 Å². The van der Waals surface area contributed by atoms with Gasteiger partial charge in [-0.3, -0.25) is 0 Å². The van der Waals surface area contributed by atoms with Crippen molar-refractivity contribution in [3.05, 3.63) is 11.8 Å². The summed E-state index contributed by atoms with van der Waals surface area (Å²) in [5, 5.41) is 20.0. The number of hydrogen-bond donors (Lipinski definition) is 3. The second kappa shape index (κ2) is 2.53. The molecule has 4 N–H and O–H groups in total. The van der Waals surface area contributed by atoms with Crippen molar-refractivity contribution >= 4 is 17.9 Å². The Morgan fingerprint density at radius 2 is 2.08 bits per heavy atom. The number of aromatic carboxylic acids is 1. The van der Waals surface area contributed by atoms with Gasteiger partial charge in [0.15, 0.2) is 5.69 Å². The fraction of sp³-hybridized carbons (Fsp3) is 0. The Balaban J connectivity index is 3.17. The van der Waals surface area contributed by atoms with Crippen LogP contribution in [0, 0.1) is 0 Å². The number of nitrogens with zero attached hydrogens (tertiary/aromatic N) is 2. The summed E-state index contributed by atoms with van der Waals surface area (Å²) < 4.78 is 0.392. The van der Waals surface area contributed by atoms with Crippen molar-refractivity contribution in [3.63, 3.8) is 0 Å². The van der Waals surface area contributed by atoms with Gasteiger partial charge in [-0.25, -0.2) is 9.59 Å². The molecule has 0 amide bonds. The summed E-state index contributed by atoms with van der Waals surface area (Å²) in [6, 6.07) is 0.969. The van der Waals surface area contributed by atoms with Gasteiger partial charge in [0.1, 0.15) is 5.82 Å². The van der Waals surface area contributed by atoms with Crippen LogP contribution in [0.3, 0.4) is 0 Å². The van der Waals surface area contributed by atoms with Crippen molar-refractivity contribution in [2.24, 2.45) is 0 Å². The molecule has 12 heavy (non-hydrogen) atoms. The molecule has 0 aliphatic heterocycles. The number of carboxylic acids is 1. The highest BCUT2D eigenvalue weighted by Crippen LogP contribution is 2.05. The average molecular weight is 171 g/mol. The summed E-state index contributed by atoms with van der Waals surface area (Å²) in [5.41, 5.74) is 4.74. The van der Waals surface area contributed by atoms with Crippen LogP contribution in [0.2, 0.25) is 0 Å². The number of rotatable bonds is 1. The quantitative estimate of drug-likeness (QED) is 0.533. The SMILES string of the molecule is Nc1cc(C(=O)O)nn1C(=O)O. The molecule has 0 spiro atoms. The van der Waals surface area contributed by atoms with Crippen molar-refractivity contribution in [1.29, 1.82) is 0 Å². The minimum atomic E-state index is -1.42. The van der Waals surface area contributed by atoms with Crippen LogP contribution in [0.4, 0.5) is 10.6 Å². The lowest BCUT2D eigenvalue weighted by Crippen LogP contribution is -2.13. The Kier molecular flexibility index (Phi) is 1.70. The van der Waals surface area contributed by atoms with Gasteiger partial charge < -0.3 is 15.9 Å². The number of anilines is 1. The van der Waals surface area contributed by atoms with E-state index in [0.717, 1.165) is 6.07 Å². The van der Waals surface area contributed by atoms with Gasteiger partial charge in [-0.2, -0.15) is 5.10 Å². The lowest BCUT2D eigenvalue weighted by atomic mass is 10.4. The van der Waals surface area contributed by atoms with E-state index in [-0.39, 0.29) is 5.82 Å². The van der Waals surface area contributed by atoms with E-state index in [9.17, 15) is 9.59 Å². The molecule has 0 aliphatic carbocycles. The van der Waals surface area contributed by atoms with Gasteiger partial charge in [-0.05, 0) is 0 Å². The molecule has 0 bridgehead atoms. The van der Waals surface area contributed by atoms with E-state index in [2.05, 4.69) is 5.10 Å². The predicted molar refractivity (Wildman–Crippen MR) is 37.0 cm³/mol. The van der Waals surface area contributed by atoms with Gasteiger partial charge in [0, 0.05) is 6.07 Å². The maximum Gasteiger partial charge on any atom is 0.434 e. The molecule has 0 saturated carbocycles.